The number of anilines is 4. The highest BCUT2D eigenvalue weighted by Crippen LogP contribution is 2.28. The summed E-state index contributed by atoms with van der Waals surface area (Å²) in [6.45, 7) is 6.66. The van der Waals surface area contributed by atoms with E-state index >= 15 is 0 Å². The fourth-order valence-electron chi connectivity index (χ4n) is 4.76. The van der Waals surface area contributed by atoms with Gasteiger partial charge in [-0.25, -0.2) is 9.67 Å². The number of hydrogen-bond acceptors (Lipinski definition) is 7. The number of carbonyl (C=O) groups is 1. The number of nitrogens with zero attached hydrogens (tertiary/aromatic N) is 4. The van der Waals surface area contributed by atoms with E-state index in [1.54, 1.807) is 10.9 Å². The highest BCUT2D eigenvalue weighted by atomic mass is 16.1. The summed E-state index contributed by atoms with van der Waals surface area (Å²) in [7, 11) is 1.88. The lowest BCUT2D eigenvalue weighted by atomic mass is 9.97. The number of aromatic nitrogens is 4. The number of amides is 1. The minimum absolute atomic E-state index is 0.142. The lowest BCUT2D eigenvalue weighted by molar-refractivity contribution is -0.125. The van der Waals surface area contributed by atoms with Gasteiger partial charge in [0, 0.05) is 37.1 Å². The molecule has 2 aromatic heterocycles. The van der Waals surface area contributed by atoms with Crippen LogP contribution < -0.4 is 21.3 Å². The number of aryl methyl sites for hydroxylation is 3. The van der Waals surface area contributed by atoms with E-state index in [-0.39, 0.29) is 11.8 Å². The van der Waals surface area contributed by atoms with Crippen LogP contribution in [0.4, 0.5) is 23.1 Å². The fourth-order valence-corrected chi connectivity index (χ4v) is 4.76. The van der Waals surface area contributed by atoms with Crippen molar-refractivity contribution in [2.24, 2.45) is 13.0 Å². The summed E-state index contributed by atoms with van der Waals surface area (Å²) >= 11 is 0. The van der Waals surface area contributed by atoms with Crippen molar-refractivity contribution in [1.82, 2.24) is 30.4 Å². The van der Waals surface area contributed by atoms with Gasteiger partial charge in [0.2, 0.25) is 11.9 Å². The molecule has 1 fully saturated rings. The third kappa shape index (κ3) is 5.72. The van der Waals surface area contributed by atoms with Gasteiger partial charge in [0.05, 0.1) is 5.39 Å². The Morgan fingerprint density at radius 3 is 2.51 bits per heavy atom. The van der Waals surface area contributed by atoms with Crippen molar-refractivity contribution < 1.29 is 4.79 Å². The van der Waals surface area contributed by atoms with Crippen LogP contribution >= 0.6 is 0 Å². The van der Waals surface area contributed by atoms with Crippen molar-refractivity contribution in [1.29, 1.82) is 0 Å². The van der Waals surface area contributed by atoms with Crippen molar-refractivity contribution in [2.75, 3.05) is 30.3 Å². The van der Waals surface area contributed by atoms with Gasteiger partial charge in [0.1, 0.15) is 0 Å². The zero-order valence-electron chi connectivity index (χ0n) is 21.6. The minimum atomic E-state index is 0.142. The molecule has 9 nitrogen and oxygen atoms in total. The van der Waals surface area contributed by atoms with E-state index in [4.69, 9.17) is 4.98 Å². The second kappa shape index (κ2) is 11.0. The van der Waals surface area contributed by atoms with Crippen LogP contribution in [0, 0.1) is 19.8 Å². The van der Waals surface area contributed by atoms with E-state index in [1.165, 1.54) is 5.56 Å². The smallest absolute Gasteiger partial charge is 0.229 e. The predicted molar refractivity (Wildman–Crippen MR) is 148 cm³/mol. The van der Waals surface area contributed by atoms with Crippen LogP contribution in [0.15, 0.2) is 48.7 Å². The molecule has 0 atom stereocenters. The highest BCUT2D eigenvalue weighted by Gasteiger charge is 2.20. The summed E-state index contributed by atoms with van der Waals surface area (Å²) in [5.74, 6) is 1.56. The van der Waals surface area contributed by atoms with Crippen molar-refractivity contribution >= 4 is 40.1 Å². The molecular formula is C28H34N8O. The Kier molecular flexibility index (Phi) is 7.32. The molecule has 4 aromatic rings. The summed E-state index contributed by atoms with van der Waals surface area (Å²) in [5, 5.41) is 18.6. The maximum Gasteiger partial charge on any atom is 0.229 e. The predicted octanol–water partition coefficient (Wildman–Crippen LogP) is 4.13. The second-order valence-electron chi connectivity index (χ2n) is 9.68. The maximum absolute atomic E-state index is 12.3. The molecule has 1 aliphatic rings. The molecule has 4 N–H and O–H groups in total. The summed E-state index contributed by atoms with van der Waals surface area (Å²) in [4.78, 5) is 21.5. The van der Waals surface area contributed by atoms with Crippen LogP contribution in [-0.4, -0.2) is 45.3 Å². The second-order valence-corrected chi connectivity index (χ2v) is 9.68. The molecule has 0 radical (unpaired) electrons. The van der Waals surface area contributed by atoms with Gasteiger partial charge in [-0.15, -0.1) is 0 Å². The molecule has 5 rings (SSSR count). The number of piperidine rings is 1. The Morgan fingerprint density at radius 2 is 1.78 bits per heavy atom. The van der Waals surface area contributed by atoms with Crippen LogP contribution in [0.2, 0.25) is 0 Å². The molecular weight excluding hydrogens is 464 g/mol. The largest absolute Gasteiger partial charge is 0.356 e. The van der Waals surface area contributed by atoms with Crippen molar-refractivity contribution in [2.45, 2.75) is 33.1 Å². The fraction of sp³-hybridized carbons (Fsp3) is 0.357. The van der Waals surface area contributed by atoms with Gasteiger partial charge in [0.25, 0.3) is 0 Å². The summed E-state index contributed by atoms with van der Waals surface area (Å²) < 4.78 is 1.76. The zero-order chi connectivity index (χ0) is 25.8. The Labute approximate surface area is 217 Å². The molecule has 1 saturated heterocycles. The first-order chi connectivity index (χ1) is 18.0. The Hall–Kier alpha value is -3.98. The van der Waals surface area contributed by atoms with Crippen LogP contribution in [0.25, 0.3) is 11.0 Å². The van der Waals surface area contributed by atoms with Crippen LogP contribution in [-0.2, 0) is 18.3 Å². The van der Waals surface area contributed by atoms with E-state index in [0.717, 1.165) is 71.7 Å². The summed E-state index contributed by atoms with van der Waals surface area (Å²) in [5.41, 5.74) is 6.18. The Bertz CT molecular complexity index is 1370. The standard InChI is InChI=1S/C28H34N8O/c1-18-5-4-6-19(2)24(18)33-25-23-17-31-28(34-26(23)36(3)35-25)32-22-9-7-20(8-10-22)11-16-30-27(37)21-12-14-29-15-13-21/h4-10,17,21,29H,11-16H2,1-3H3,(H,30,37)(H,33,35)(H,31,32,34). The average molecular weight is 499 g/mol. The lowest BCUT2D eigenvalue weighted by Crippen LogP contribution is -2.38. The number of nitrogens with one attached hydrogen (secondary N) is 4. The van der Waals surface area contributed by atoms with E-state index in [1.807, 2.05) is 25.2 Å². The van der Waals surface area contributed by atoms with E-state index in [2.05, 4.69) is 69.5 Å². The third-order valence-electron chi connectivity index (χ3n) is 6.94. The third-order valence-corrected chi connectivity index (χ3v) is 6.94. The first-order valence-corrected chi connectivity index (χ1v) is 12.9. The Balaban J connectivity index is 1.21. The first-order valence-electron chi connectivity index (χ1n) is 12.9. The number of rotatable bonds is 8. The molecule has 0 bridgehead atoms. The molecule has 0 saturated carbocycles. The van der Waals surface area contributed by atoms with Crippen LogP contribution in [0.5, 0.6) is 0 Å². The SMILES string of the molecule is Cc1cccc(C)c1Nc1nn(C)c2nc(Nc3ccc(CCNC(=O)C4CCNCC4)cc3)ncc12. The first kappa shape index (κ1) is 24.7. The molecule has 192 valence electrons. The van der Waals surface area contributed by atoms with E-state index < -0.39 is 0 Å². The zero-order valence-corrected chi connectivity index (χ0v) is 21.6. The van der Waals surface area contributed by atoms with Gasteiger partial charge in [0.15, 0.2) is 11.5 Å². The van der Waals surface area contributed by atoms with E-state index in [9.17, 15) is 4.79 Å². The Morgan fingerprint density at radius 1 is 1.05 bits per heavy atom. The van der Waals surface area contributed by atoms with Gasteiger partial charge in [-0.2, -0.15) is 10.1 Å². The van der Waals surface area contributed by atoms with Gasteiger partial charge in [-0.05, 0) is 75.0 Å². The minimum Gasteiger partial charge on any atom is -0.356 e. The monoisotopic (exact) mass is 498 g/mol. The maximum atomic E-state index is 12.3. The molecule has 37 heavy (non-hydrogen) atoms. The van der Waals surface area contributed by atoms with E-state index in [0.29, 0.717) is 12.5 Å². The van der Waals surface area contributed by atoms with Crippen LogP contribution in [0.1, 0.15) is 29.5 Å². The molecule has 9 heteroatoms. The molecule has 3 heterocycles. The molecule has 0 unspecified atom stereocenters. The molecule has 1 amide bonds. The summed E-state index contributed by atoms with van der Waals surface area (Å²) in [6, 6.07) is 14.4. The molecule has 0 spiro atoms. The van der Waals surface area contributed by atoms with Crippen molar-refractivity contribution in [3.63, 3.8) is 0 Å². The number of carbonyl (C=O) groups excluding carboxylic acids is 1. The normalized spacial score (nSPS) is 14.0. The number of para-hydroxylation sites is 1. The van der Waals surface area contributed by atoms with Gasteiger partial charge >= 0.3 is 0 Å². The van der Waals surface area contributed by atoms with Crippen LogP contribution in [0.3, 0.4) is 0 Å². The van der Waals surface area contributed by atoms with Gasteiger partial charge < -0.3 is 21.3 Å². The summed E-state index contributed by atoms with van der Waals surface area (Å²) in [6.07, 6.45) is 4.43. The lowest BCUT2D eigenvalue weighted by Gasteiger charge is -2.21. The van der Waals surface area contributed by atoms with Gasteiger partial charge in [-0.3, -0.25) is 4.79 Å². The number of benzene rings is 2. The molecule has 1 aliphatic heterocycles. The number of fused-ring (bicyclic) bond motifs is 1. The quantitative estimate of drug-likeness (QED) is 0.289. The number of hydrogen-bond donors (Lipinski definition) is 4. The van der Waals surface area contributed by atoms with Crippen molar-refractivity contribution in [3.05, 3.63) is 65.4 Å². The average Bonchev–Trinajstić information content (AvgIpc) is 3.22. The molecule has 0 aliphatic carbocycles. The van der Waals surface area contributed by atoms with Gasteiger partial charge in [-0.1, -0.05) is 30.3 Å². The highest BCUT2D eigenvalue weighted by molar-refractivity contribution is 5.90. The van der Waals surface area contributed by atoms with Crippen molar-refractivity contribution in [3.8, 4) is 0 Å². The molecule has 2 aromatic carbocycles. The topological polar surface area (TPSA) is 109 Å².